The lowest BCUT2D eigenvalue weighted by Gasteiger charge is -2.15. The van der Waals surface area contributed by atoms with Crippen molar-refractivity contribution in [1.29, 1.82) is 0 Å². The van der Waals surface area contributed by atoms with Crippen molar-refractivity contribution >= 4 is 39.3 Å². The molecular weight excluding hydrogens is 442 g/mol. The molecule has 0 aliphatic carbocycles. The lowest BCUT2D eigenvalue weighted by molar-refractivity contribution is -0.121. The molecule has 0 bridgehead atoms. The van der Waals surface area contributed by atoms with Crippen LogP contribution < -0.4 is 20.1 Å². The van der Waals surface area contributed by atoms with Gasteiger partial charge in [-0.25, -0.2) is 18.5 Å². The molecule has 0 spiro atoms. The van der Waals surface area contributed by atoms with Crippen LogP contribution in [0.3, 0.4) is 0 Å². The Kier molecular flexibility index (Phi) is 5.99. The zero-order valence-corrected chi connectivity index (χ0v) is 18.5. The van der Waals surface area contributed by atoms with Crippen molar-refractivity contribution in [2.75, 3.05) is 17.3 Å². The minimum atomic E-state index is -3.85. The third-order valence-corrected chi connectivity index (χ3v) is 6.10. The van der Waals surface area contributed by atoms with Crippen LogP contribution in [0.15, 0.2) is 89.3 Å². The molecule has 9 heteroatoms. The molecule has 1 unspecified atom stereocenters. The first kappa shape index (κ1) is 22.3. The first-order valence-corrected chi connectivity index (χ1v) is 11.5. The van der Waals surface area contributed by atoms with E-state index in [4.69, 9.17) is 9.88 Å². The first-order chi connectivity index (χ1) is 15.8. The summed E-state index contributed by atoms with van der Waals surface area (Å²) in [6, 6.07) is 20.4. The van der Waals surface area contributed by atoms with E-state index in [-0.39, 0.29) is 10.5 Å². The molecule has 3 aromatic carbocycles. The van der Waals surface area contributed by atoms with Crippen LogP contribution in [0.2, 0.25) is 0 Å². The number of hydrogen-bond donors (Lipinski definition) is 2. The second-order valence-electron chi connectivity index (χ2n) is 7.33. The Morgan fingerprint density at radius 1 is 0.939 bits per heavy atom. The molecule has 2 amide bonds. The molecule has 8 nitrogen and oxygen atoms in total. The number of benzene rings is 3. The van der Waals surface area contributed by atoms with E-state index >= 15 is 0 Å². The molecule has 1 heterocycles. The molecule has 1 aliphatic heterocycles. The normalized spacial score (nSPS) is 17.5. The van der Waals surface area contributed by atoms with Crippen LogP contribution in [0.25, 0.3) is 6.08 Å². The van der Waals surface area contributed by atoms with Crippen LogP contribution in [-0.4, -0.2) is 33.4 Å². The highest BCUT2D eigenvalue weighted by Gasteiger charge is 2.44. The molecule has 0 radical (unpaired) electrons. The van der Waals surface area contributed by atoms with E-state index in [9.17, 15) is 18.0 Å². The molecule has 3 N–H and O–H groups in total. The van der Waals surface area contributed by atoms with Crippen LogP contribution in [-0.2, 0) is 19.6 Å². The molecule has 4 rings (SSSR count). The number of sulfonamides is 1. The summed E-state index contributed by atoms with van der Waals surface area (Å²) < 4.78 is 28.2. The van der Waals surface area contributed by atoms with Gasteiger partial charge in [-0.3, -0.25) is 9.59 Å². The van der Waals surface area contributed by atoms with E-state index in [1.54, 1.807) is 67.8 Å². The topological polar surface area (TPSA) is 119 Å². The summed E-state index contributed by atoms with van der Waals surface area (Å²) in [4.78, 5) is 27.7. The Balaban J connectivity index is 1.72. The fourth-order valence-electron chi connectivity index (χ4n) is 3.51. The number of imide groups is 1. The van der Waals surface area contributed by atoms with E-state index < -0.39 is 27.9 Å². The van der Waals surface area contributed by atoms with E-state index in [0.717, 1.165) is 10.5 Å². The quantitative estimate of drug-likeness (QED) is 0.429. The second kappa shape index (κ2) is 8.89. The maximum absolute atomic E-state index is 13.3. The number of carbonyl (C=O) groups excluding carboxylic acids is 2. The van der Waals surface area contributed by atoms with Crippen molar-refractivity contribution < 1.29 is 22.7 Å². The van der Waals surface area contributed by atoms with Crippen molar-refractivity contribution in [2.45, 2.75) is 10.9 Å². The average Bonchev–Trinajstić information content (AvgIpc) is 3.04. The summed E-state index contributed by atoms with van der Waals surface area (Å²) in [5, 5.41) is 8.20. The highest BCUT2D eigenvalue weighted by Crippen LogP contribution is 2.30. The monoisotopic (exact) mass is 463 g/mol. The van der Waals surface area contributed by atoms with Gasteiger partial charge in [-0.1, -0.05) is 30.3 Å². The number of ether oxygens (including phenoxy) is 1. The van der Waals surface area contributed by atoms with Gasteiger partial charge in [-0.05, 0) is 60.2 Å². The molecular formula is C24H21N3O5S. The number of para-hydroxylation sites is 1. The smallest absolute Gasteiger partial charge is 0.263 e. The Morgan fingerprint density at radius 3 is 2.15 bits per heavy atom. The second-order valence-corrected chi connectivity index (χ2v) is 8.90. The number of hydrogen-bond acceptors (Lipinski definition) is 6. The number of anilines is 2. The number of nitrogens with two attached hydrogens (primary N) is 1. The molecule has 0 aromatic heterocycles. The minimum Gasteiger partial charge on any atom is -0.497 e. The number of nitrogens with zero attached hydrogens (tertiary/aromatic N) is 1. The molecule has 0 saturated carbocycles. The van der Waals surface area contributed by atoms with Gasteiger partial charge in [-0.15, -0.1) is 0 Å². The van der Waals surface area contributed by atoms with E-state index in [0.29, 0.717) is 17.1 Å². The maximum Gasteiger partial charge on any atom is 0.263 e. The van der Waals surface area contributed by atoms with Gasteiger partial charge in [0.2, 0.25) is 10.0 Å². The molecule has 1 saturated heterocycles. The number of primary sulfonamides is 1. The fourth-order valence-corrected chi connectivity index (χ4v) is 4.02. The van der Waals surface area contributed by atoms with Crippen molar-refractivity contribution in [3.63, 3.8) is 0 Å². The Labute approximate surface area is 191 Å². The lowest BCUT2D eigenvalue weighted by atomic mass is 10.1. The summed E-state index contributed by atoms with van der Waals surface area (Å²) in [5.74, 6) is -0.219. The molecule has 168 valence electrons. The van der Waals surface area contributed by atoms with E-state index in [1.807, 2.05) is 0 Å². The van der Waals surface area contributed by atoms with Gasteiger partial charge in [0.1, 0.15) is 11.8 Å². The predicted octanol–water partition coefficient (Wildman–Crippen LogP) is 2.78. The highest BCUT2D eigenvalue weighted by atomic mass is 32.2. The zero-order valence-electron chi connectivity index (χ0n) is 17.6. The van der Waals surface area contributed by atoms with Crippen molar-refractivity contribution in [2.24, 2.45) is 5.14 Å². The Bertz CT molecular complexity index is 1320. The van der Waals surface area contributed by atoms with Crippen LogP contribution in [0.4, 0.5) is 11.4 Å². The molecule has 1 atom stereocenters. The third-order valence-electron chi connectivity index (χ3n) is 5.17. The van der Waals surface area contributed by atoms with E-state index in [1.165, 1.54) is 24.3 Å². The van der Waals surface area contributed by atoms with E-state index in [2.05, 4.69) is 5.32 Å². The number of amides is 2. The van der Waals surface area contributed by atoms with Gasteiger partial charge < -0.3 is 10.1 Å². The largest absolute Gasteiger partial charge is 0.497 e. The van der Waals surface area contributed by atoms with Crippen LogP contribution in [0.5, 0.6) is 5.75 Å². The average molecular weight is 464 g/mol. The zero-order chi connectivity index (χ0) is 23.6. The number of methoxy groups -OCH3 is 1. The number of rotatable bonds is 6. The predicted molar refractivity (Wildman–Crippen MR) is 125 cm³/mol. The molecule has 33 heavy (non-hydrogen) atoms. The number of nitrogens with one attached hydrogen (secondary N) is 1. The Morgan fingerprint density at radius 2 is 1.58 bits per heavy atom. The summed E-state index contributed by atoms with van der Waals surface area (Å²) >= 11 is 0. The third kappa shape index (κ3) is 4.64. The van der Waals surface area contributed by atoms with Crippen LogP contribution in [0.1, 0.15) is 5.56 Å². The van der Waals surface area contributed by atoms with Gasteiger partial charge in [0.15, 0.2) is 0 Å². The van der Waals surface area contributed by atoms with Crippen molar-refractivity contribution in [1.82, 2.24) is 0 Å². The first-order valence-electron chi connectivity index (χ1n) is 9.96. The van der Waals surface area contributed by atoms with Gasteiger partial charge in [0.05, 0.1) is 23.3 Å². The summed E-state index contributed by atoms with van der Waals surface area (Å²) in [6.07, 6.45) is 1.65. The fraction of sp³-hybridized carbons (Fsp3) is 0.0833. The Hall–Kier alpha value is -3.95. The molecule has 3 aromatic rings. The van der Waals surface area contributed by atoms with Crippen molar-refractivity contribution in [3.05, 3.63) is 90.0 Å². The molecule has 1 aliphatic rings. The van der Waals surface area contributed by atoms with Crippen LogP contribution in [0, 0.1) is 0 Å². The van der Waals surface area contributed by atoms with Gasteiger partial charge in [-0.2, -0.15) is 0 Å². The number of carbonyl (C=O) groups is 2. The standard InChI is InChI=1S/C24H21N3O5S/c1-32-19-11-7-16(8-12-19)15-21-22(26-17-9-13-20(14-10-17)33(25,30)31)24(29)27(23(21)28)18-5-3-2-4-6-18/h2-15,22,26H,1H3,(H2,25,30,31)/b21-15+. The summed E-state index contributed by atoms with van der Waals surface area (Å²) in [5.41, 5.74) is 1.90. The van der Waals surface area contributed by atoms with Crippen LogP contribution >= 0.6 is 0 Å². The van der Waals surface area contributed by atoms with Crippen molar-refractivity contribution in [3.8, 4) is 5.75 Å². The molecule has 1 fully saturated rings. The summed E-state index contributed by atoms with van der Waals surface area (Å²) in [6.45, 7) is 0. The van der Waals surface area contributed by atoms with Gasteiger partial charge in [0, 0.05) is 5.69 Å². The SMILES string of the molecule is COc1ccc(/C=C2/C(=O)N(c3ccccc3)C(=O)C2Nc2ccc(S(N)(=O)=O)cc2)cc1. The highest BCUT2D eigenvalue weighted by molar-refractivity contribution is 7.89. The van der Waals surface area contributed by atoms with Gasteiger partial charge >= 0.3 is 0 Å². The maximum atomic E-state index is 13.3. The van der Waals surface area contributed by atoms with Gasteiger partial charge in [0.25, 0.3) is 11.8 Å². The summed E-state index contributed by atoms with van der Waals surface area (Å²) in [7, 11) is -2.29. The minimum absolute atomic E-state index is 0.0539. The lowest BCUT2D eigenvalue weighted by Crippen LogP contribution is -2.34.